The van der Waals surface area contributed by atoms with E-state index in [4.69, 9.17) is 5.73 Å². The molecule has 0 aliphatic heterocycles. The highest BCUT2D eigenvalue weighted by Gasteiger charge is 2.15. The molecule has 1 rings (SSSR count). The summed E-state index contributed by atoms with van der Waals surface area (Å²) in [4.78, 5) is 14.3. The first-order chi connectivity index (χ1) is 7.06. The molecule has 0 saturated carbocycles. The van der Waals surface area contributed by atoms with Crippen LogP contribution in [0.3, 0.4) is 0 Å². The lowest BCUT2D eigenvalue weighted by Crippen LogP contribution is -2.28. The highest BCUT2D eigenvalue weighted by atomic mass is 79.9. The molecule has 3 nitrogen and oxygen atoms in total. The molecule has 0 aromatic carbocycles. The van der Waals surface area contributed by atoms with Crippen molar-refractivity contribution < 1.29 is 4.79 Å². The van der Waals surface area contributed by atoms with E-state index in [1.54, 1.807) is 11.9 Å². The molecule has 0 saturated heterocycles. The lowest BCUT2D eigenvalue weighted by Gasteiger charge is -2.15. The Bertz CT molecular complexity index is 334. The van der Waals surface area contributed by atoms with Gasteiger partial charge in [0.15, 0.2) is 0 Å². The molecule has 0 radical (unpaired) electrons. The van der Waals surface area contributed by atoms with Gasteiger partial charge >= 0.3 is 0 Å². The van der Waals surface area contributed by atoms with E-state index in [9.17, 15) is 4.79 Å². The molecule has 84 valence electrons. The first kappa shape index (κ1) is 13.2. The molecule has 0 atom stereocenters. The van der Waals surface area contributed by atoms with Gasteiger partial charge in [0.2, 0.25) is 0 Å². The quantitative estimate of drug-likeness (QED) is 0.902. The van der Waals surface area contributed by atoms with Crippen LogP contribution in [0.2, 0.25) is 0 Å². The van der Waals surface area contributed by atoms with Gasteiger partial charge in [0.1, 0.15) is 0 Å². The van der Waals surface area contributed by atoms with Gasteiger partial charge in [-0.2, -0.15) is 0 Å². The summed E-state index contributed by atoms with van der Waals surface area (Å²) in [5.74, 6) is 0.0415. The number of hydrogen-bond acceptors (Lipinski definition) is 3. The zero-order valence-corrected chi connectivity index (χ0v) is 12.3. The standard InChI is InChI=1S/C9H12Br2N2OS/c1-13(4-2-3-12)9(14)7-5-6(10)8(11)15-7/h5H,2-4,12H2,1H3. The summed E-state index contributed by atoms with van der Waals surface area (Å²) in [6.07, 6.45) is 0.829. The number of rotatable bonds is 4. The van der Waals surface area contributed by atoms with Crippen LogP contribution in [0.1, 0.15) is 16.1 Å². The van der Waals surface area contributed by atoms with Crippen molar-refractivity contribution in [1.82, 2.24) is 4.90 Å². The van der Waals surface area contributed by atoms with Crippen molar-refractivity contribution in [2.45, 2.75) is 6.42 Å². The predicted molar refractivity (Wildman–Crippen MR) is 70.4 cm³/mol. The Kier molecular flexibility index (Phi) is 5.25. The maximum absolute atomic E-state index is 11.9. The second-order valence-corrected chi connectivity index (χ2v) is 6.33. The maximum atomic E-state index is 11.9. The lowest BCUT2D eigenvalue weighted by atomic mass is 10.3. The van der Waals surface area contributed by atoms with Gasteiger partial charge in [-0.15, -0.1) is 11.3 Å². The van der Waals surface area contributed by atoms with Crippen LogP contribution in [0.4, 0.5) is 0 Å². The van der Waals surface area contributed by atoms with Crippen LogP contribution >= 0.6 is 43.2 Å². The van der Waals surface area contributed by atoms with Crippen LogP contribution in [0, 0.1) is 0 Å². The molecule has 1 heterocycles. The number of nitrogens with two attached hydrogens (primary N) is 1. The van der Waals surface area contributed by atoms with Crippen molar-refractivity contribution in [2.75, 3.05) is 20.1 Å². The third-order valence-electron chi connectivity index (χ3n) is 1.90. The normalized spacial score (nSPS) is 10.4. The second-order valence-electron chi connectivity index (χ2n) is 3.10. The van der Waals surface area contributed by atoms with Gasteiger partial charge in [0.05, 0.1) is 8.66 Å². The summed E-state index contributed by atoms with van der Waals surface area (Å²) in [5, 5.41) is 0. The van der Waals surface area contributed by atoms with Gasteiger partial charge in [-0.25, -0.2) is 0 Å². The molecule has 2 N–H and O–H groups in total. The van der Waals surface area contributed by atoms with Crippen molar-refractivity contribution in [3.8, 4) is 0 Å². The fourth-order valence-electron chi connectivity index (χ4n) is 1.07. The molecule has 0 spiro atoms. The van der Waals surface area contributed by atoms with E-state index < -0.39 is 0 Å². The minimum Gasteiger partial charge on any atom is -0.341 e. The molecule has 1 amide bonds. The van der Waals surface area contributed by atoms with Crippen LogP contribution in [0.15, 0.2) is 14.3 Å². The second kappa shape index (κ2) is 5.98. The molecular weight excluding hydrogens is 344 g/mol. The Morgan fingerprint density at radius 2 is 2.27 bits per heavy atom. The Morgan fingerprint density at radius 3 is 2.73 bits per heavy atom. The van der Waals surface area contributed by atoms with Crippen LogP contribution in [-0.4, -0.2) is 30.9 Å². The Balaban J connectivity index is 2.67. The number of amides is 1. The van der Waals surface area contributed by atoms with Crippen molar-refractivity contribution >= 4 is 49.1 Å². The van der Waals surface area contributed by atoms with E-state index in [1.807, 2.05) is 6.07 Å². The smallest absolute Gasteiger partial charge is 0.263 e. The molecule has 0 aliphatic carbocycles. The molecule has 0 aliphatic rings. The van der Waals surface area contributed by atoms with Gasteiger partial charge < -0.3 is 10.6 Å². The molecule has 0 unspecified atom stereocenters. The number of carbonyl (C=O) groups is 1. The Morgan fingerprint density at radius 1 is 1.60 bits per heavy atom. The average Bonchev–Trinajstić information content (AvgIpc) is 2.54. The maximum Gasteiger partial charge on any atom is 0.263 e. The van der Waals surface area contributed by atoms with Crippen molar-refractivity contribution in [3.05, 3.63) is 19.2 Å². The molecular formula is C9H12Br2N2OS. The monoisotopic (exact) mass is 354 g/mol. The number of hydrogen-bond donors (Lipinski definition) is 1. The zero-order valence-electron chi connectivity index (χ0n) is 8.30. The average molecular weight is 356 g/mol. The minimum absolute atomic E-state index is 0.0415. The van der Waals surface area contributed by atoms with E-state index in [-0.39, 0.29) is 5.91 Å². The Labute approximate surface area is 110 Å². The summed E-state index contributed by atoms with van der Waals surface area (Å²) < 4.78 is 1.86. The summed E-state index contributed by atoms with van der Waals surface area (Å²) in [6.45, 7) is 1.30. The van der Waals surface area contributed by atoms with Gasteiger partial charge in [-0.3, -0.25) is 4.79 Å². The number of nitrogens with zero attached hydrogens (tertiary/aromatic N) is 1. The third kappa shape index (κ3) is 3.55. The van der Waals surface area contributed by atoms with Crippen LogP contribution < -0.4 is 5.73 Å². The van der Waals surface area contributed by atoms with Crippen molar-refractivity contribution in [2.24, 2.45) is 5.73 Å². The highest BCUT2D eigenvalue weighted by molar-refractivity contribution is 9.13. The number of thiophene rings is 1. The summed E-state index contributed by atoms with van der Waals surface area (Å²) in [7, 11) is 1.79. The molecule has 1 aromatic rings. The Hall–Kier alpha value is 0.0900. The largest absolute Gasteiger partial charge is 0.341 e. The number of carbonyl (C=O) groups excluding carboxylic acids is 1. The molecule has 6 heteroatoms. The zero-order chi connectivity index (χ0) is 11.4. The van der Waals surface area contributed by atoms with E-state index >= 15 is 0 Å². The molecule has 1 aromatic heterocycles. The molecule has 0 bridgehead atoms. The predicted octanol–water partition coefficient (Wildman–Crippen LogP) is 2.69. The lowest BCUT2D eigenvalue weighted by molar-refractivity contribution is 0.0799. The van der Waals surface area contributed by atoms with Crippen LogP contribution in [-0.2, 0) is 0 Å². The van der Waals surface area contributed by atoms with E-state index in [1.165, 1.54) is 11.3 Å². The van der Waals surface area contributed by atoms with Gasteiger partial charge in [0, 0.05) is 18.1 Å². The van der Waals surface area contributed by atoms with Crippen LogP contribution in [0.25, 0.3) is 0 Å². The fourth-order valence-corrected chi connectivity index (χ4v) is 3.10. The summed E-state index contributed by atoms with van der Waals surface area (Å²) in [5.41, 5.74) is 5.39. The first-order valence-corrected chi connectivity index (χ1v) is 6.87. The van der Waals surface area contributed by atoms with E-state index in [0.29, 0.717) is 13.1 Å². The van der Waals surface area contributed by atoms with Gasteiger partial charge in [0.25, 0.3) is 5.91 Å². The first-order valence-electron chi connectivity index (χ1n) is 4.46. The van der Waals surface area contributed by atoms with Crippen LogP contribution in [0.5, 0.6) is 0 Å². The fraction of sp³-hybridized carbons (Fsp3) is 0.444. The highest BCUT2D eigenvalue weighted by Crippen LogP contribution is 2.32. The van der Waals surface area contributed by atoms with E-state index in [2.05, 4.69) is 31.9 Å². The van der Waals surface area contributed by atoms with Crippen molar-refractivity contribution in [3.63, 3.8) is 0 Å². The third-order valence-corrected chi connectivity index (χ3v) is 5.14. The van der Waals surface area contributed by atoms with Crippen molar-refractivity contribution in [1.29, 1.82) is 0 Å². The summed E-state index contributed by atoms with van der Waals surface area (Å²) >= 11 is 8.16. The molecule has 0 fully saturated rings. The topological polar surface area (TPSA) is 46.3 Å². The number of halogens is 2. The van der Waals surface area contributed by atoms with Gasteiger partial charge in [-0.1, -0.05) is 0 Å². The summed E-state index contributed by atoms with van der Waals surface area (Å²) in [6, 6.07) is 1.83. The van der Waals surface area contributed by atoms with Gasteiger partial charge in [-0.05, 0) is 50.9 Å². The minimum atomic E-state index is 0.0415. The SMILES string of the molecule is CN(CCCN)C(=O)c1cc(Br)c(Br)s1. The molecule has 15 heavy (non-hydrogen) atoms. The van der Waals surface area contributed by atoms with E-state index in [0.717, 1.165) is 19.6 Å².